The molecule has 3 aromatic rings. The number of aryl methyl sites for hydroxylation is 1. The molecule has 0 aliphatic carbocycles. The standard InChI is InChI=1S/C22H25N3O2S/c23-22-25-19(15-28-22)14-21(27)24-18-12-10-16(11-13-18)6-4-5-9-20(26)17-7-2-1-3-8-17/h1-3,7-8,10-13,15,20,26H,4-6,9,14H2,(H2,23,25)(H,24,27)/t20-/m0/s1/i6D2,14D2. The second-order valence-corrected chi connectivity index (χ2v) is 7.11. The molecule has 2 aromatic carbocycles. The quantitative estimate of drug-likeness (QED) is 0.499. The average Bonchev–Trinajstić information content (AvgIpc) is 3.21. The van der Waals surface area contributed by atoms with E-state index in [1.807, 2.05) is 30.3 Å². The van der Waals surface area contributed by atoms with Crippen LogP contribution in [0.5, 0.6) is 0 Å². The average molecular weight is 400 g/mol. The number of nitrogens with zero attached hydrogens (tertiary/aromatic N) is 1. The van der Waals surface area contributed by atoms with Crippen molar-refractivity contribution in [1.29, 1.82) is 0 Å². The third-order valence-electron chi connectivity index (χ3n) is 4.07. The van der Waals surface area contributed by atoms with Crippen molar-refractivity contribution in [2.75, 3.05) is 11.1 Å². The van der Waals surface area contributed by atoms with Gasteiger partial charge in [0.25, 0.3) is 0 Å². The van der Waals surface area contributed by atoms with Gasteiger partial charge in [0.2, 0.25) is 5.91 Å². The van der Waals surface area contributed by atoms with Gasteiger partial charge in [-0.05, 0) is 42.5 Å². The Morgan fingerprint density at radius 2 is 1.93 bits per heavy atom. The largest absolute Gasteiger partial charge is 0.388 e. The maximum Gasteiger partial charge on any atom is 0.230 e. The number of carbonyl (C=O) groups is 1. The van der Waals surface area contributed by atoms with Gasteiger partial charge in [-0.25, -0.2) is 4.98 Å². The summed E-state index contributed by atoms with van der Waals surface area (Å²) in [6, 6.07) is 15.5. The lowest BCUT2D eigenvalue weighted by Crippen LogP contribution is -2.14. The number of anilines is 2. The van der Waals surface area contributed by atoms with Crippen LogP contribution in [0.4, 0.5) is 10.8 Å². The number of aliphatic hydroxyl groups excluding tert-OH is 1. The van der Waals surface area contributed by atoms with Crippen LogP contribution in [0.3, 0.4) is 0 Å². The van der Waals surface area contributed by atoms with Gasteiger partial charge in [-0.2, -0.15) is 0 Å². The highest BCUT2D eigenvalue weighted by atomic mass is 32.1. The van der Waals surface area contributed by atoms with Crippen LogP contribution in [0.15, 0.2) is 60.0 Å². The molecule has 5 nitrogen and oxygen atoms in total. The molecule has 146 valence electrons. The van der Waals surface area contributed by atoms with Gasteiger partial charge in [-0.3, -0.25) is 4.79 Å². The molecular formula is C22H25N3O2S. The molecule has 0 aliphatic heterocycles. The van der Waals surface area contributed by atoms with Crippen molar-refractivity contribution in [3.8, 4) is 0 Å². The zero-order valence-electron chi connectivity index (χ0n) is 19.3. The first-order valence-corrected chi connectivity index (χ1v) is 9.84. The summed E-state index contributed by atoms with van der Waals surface area (Å²) < 4.78 is 32.7. The van der Waals surface area contributed by atoms with Crippen LogP contribution in [-0.2, 0) is 17.5 Å². The molecule has 0 aliphatic rings. The molecule has 0 spiro atoms. The number of carbonyl (C=O) groups excluding carboxylic acids is 1. The number of nitrogen functional groups attached to an aromatic ring is 1. The molecular weight excluding hydrogens is 370 g/mol. The maximum absolute atomic E-state index is 12.4. The van der Waals surface area contributed by atoms with E-state index in [1.54, 1.807) is 12.1 Å². The molecule has 0 saturated carbocycles. The monoisotopic (exact) mass is 399 g/mol. The van der Waals surface area contributed by atoms with E-state index in [0.717, 1.165) is 16.9 Å². The Labute approximate surface area is 174 Å². The van der Waals surface area contributed by atoms with Gasteiger partial charge >= 0.3 is 0 Å². The van der Waals surface area contributed by atoms with E-state index in [4.69, 9.17) is 11.2 Å². The first kappa shape index (κ1) is 15.2. The number of rotatable bonds is 9. The van der Waals surface area contributed by atoms with Crippen molar-refractivity contribution in [2.24, 2.45) is 0 Å². The van der Waals surface area contributed by atoms with Crippen molar-refractivity contribution in [2.45, 2.75) is 38.1 Å². The number of aliphatic hydroxyl groups is 1. The normalized spacial score (nSPS) is 15.0. The Morgan fingerprint density at radius 3 is 2.61 bits per heavy atom. The molecule has 1 heterocycles. The summed E-state index contributed by atoms with van der Waals surface area (Å²) in [5.74, 6) is -0.881. The second kappa shape index (κ2) is 10.0. The number of benzene rings is 2. The predicted octanol–water partition coefficient (Wildman–Crippen LogP) is 4.35. The third-order valence-corrected chi connectivity index (χ3v) is 4.75. The van der Waals surface area contributed by atoms with E-state index >= 15 is 0 Å². The number of hydrogen-bond acceptors (Lipinski definition) is 5. The van der Waals surface area contributed by atoms with Gasteiger partial charge in [0.15, 0.2) is 5.13 Å². The van der Waals surface area contributed by atoms with Gasteiger partial charge in [0.05, 0.1) is 18.2 Å². The zero-order valence-corrected chi connectivity index (χ0v) is 16.1. The van der Waals surface area contributed by atoms with Crippen molar-refractivity contribution >= 4 is 28.1 Å². The Kier molecular flexibility index (Phi) is 5.45. The fourth-order valence-electron chi connectivity index (χ4n) is 2.67. The molecule has 0 radical (unpaired) electrons. The summed E-state index contributed by atoms with van der Waals surface area (Å²) in [6.45, 7) is 0. The van der Waals surface area contributed by atoms with Gasteiger partial charge in [-0.1, -0.05) is 48.9 Å². The van der Waals surface area contributed by atoms with Crippen LogP contribution in [0, 0.1) is 0 Å². The van der Waals surface area contributed by atoms with E-state index in [-0.39, 0.29) is 17.2 Å². The first-order chi connectivity index (χ1) is 15.1. The van der Waals surface area contributed by atoms with Crippen LogP contribution >= 0.6 is 11.3 Å². The van der Waals surface area contributed by atoms with Crippen molar-refractivity contribution < 1.29 is 15.4 Å². The summed E-state index contributed by atoms with van der Waals surface area (Å²) in [6.07, 6.45) is -3.40. The van der Waals surface area contributed by atoms with Gasteiger partial charge in [0.1, 0.15) is 0 Å². The first-order valence-electron chi connectivity index (χ1n) is 11.0. The van der Waals surface area contributed by atoms with Crippen molar-refractivity contribution in [3.05, 3.63) is 76.8 Å². The Balaban J connectivity index is 1.57. The molecule has 0 unspecified atom stereocenters. The van der Waals surface area contributed by atoms with Crippen LogP contribution < -0.4 is 11.1 Å². The predicted molar refractivity (Wildman–Crippen MR) is 114 cm³/mol. The lowest BCUT2D eigenvalue weighted by Gasteiger charge is -2.10. The van der Waals surface area contributed by atoms with Crippen LogP contribution in [0.1, 0.15) is 47.7 Å². The number of nitrogens with one attached hydrogen (secondary N) is 1. The molecule has 3 rings (SSSR count). The number of thiazole rings is 1. The van der Waals surface area contributed by atoms with Crippen molar-refractivity contribution in [3.63, 3.8) is 0 Å². The van der Waals surface area contributed by atoms with Crippen LogP contribution in [0.2, 0.25) is 0 Å². The summed E-state index contributed by atoms with van der Waals surface area (Å²) in [7, 11) is 0. The van der Waals surface area contributed by atoms with E-state index in [0.29, 0.717) is 24.1 Å². The van der Waals surface area contributed by atoms with Gasteiger partial charge < -0.3 is 16.2 Å². The molecule has 1 amide bonds. The molecule has 4 N–H and O–H groups in total. The molecule has 28 heavy (non-hydrogen) atoms. The number of aromatic nitrogens is 1. The fourth-order valence-corrected chi connectivity index (χ4v) is 3.16. The highest BCUT2D eigenvalue weighted by Crippen LogP contribution is 2.20. The number of hydrogen-bond donors (Lipinski definition) is 3. The van der Waals surface area contributed by atoms with Crippen molar-refractivity contribution in [1.82, 2.24) is 4.98 Å². The van der Waals surface area contributed by atoms with E-state index in [1.165, 1.54) is 17.5 Å². The Bertz CT molecular complexity index is 1040. The lowest BCUT2D eigenvalue weighted by atomic mass is 10.0. The van der Waals surface area contributed by atoms with E-state index < -0.39 is 24.8 Å². The van der Waals surface area contributed by atoms with Crippen LogP contribution in [0.25, 0.3) is 0 Å². The van der Waals surface area contributed by atoms with Crippen LogP contribution in [-0.4, -0.2) is 16.0 Å². The molecule has 0 saturated heterocycles. The summed E-state index contributed by atoms with van der Waals surface area (Å²) in [4.78, 5) is 16.2. The van der Waals surface area contributed by atoms with Gasteiger partial charge in [-0.15, -0.1) is 11.3 Å². The SMILES string of the molecule is [2H]C([2H])(CCC[C@H](O)c1ccccc1)c1ccc(NC(=O)C([2H])([2H])c2csc(N)n2)cc1. The second-order valence-electron chi connectivity index (χ2n) is 6.22. The topological polar surface area (TPSA) is 88.2 Å². The van der Waals surface area contributed by atoms with E-state index in [2.05, 4.69) is 10.3 Å². The summed E-state index contributed by atoms with van der Waals surface area (Å²) in [5, 5.41) is 14.3. The smallest absolute Gasteiger partial charge is 0.230 e. The Hall–Kier alpha value is -2.70. The highest BCUT2D eigenvalue weighted by molar-refractivity contribution is 7.13. The minimum absolute atomic E-state index is 0.0526. The summed E-state index contributed by atoms with van der Waals surface area (Å²) >= 11 is 1.06. The maximum atomic E-state index is 12.4. The highest BCUT2D eigenvalue weighted by Gasteiger charge is 2.08. The lowest BCUT2D eigenvalue weighted by molar-refractivity contribution is -0.115. The molecule has 0 fully saturated rings. The molecule has 1 atom stereocenters. The summed E-state index contributed by atoms with van der Waals surface area (Å²) in [5.41, 5.74) is 7.08. The fraction of sp³-hybridized carbons (Fsp3) is 0.273. The minimum Gasteiger partial charge on any atom is -0.388 e. The van der Waals surface area contributed by atoms with Gasteiger partial charge in [0, 0.05) is 16.6 Å². The zero-order chi connectivity index (χ0) is 23.4. The molecule has 0 bridgehead atoms. The van der Waals surface area contributed by atoms with E-state index in [9.17, 15) is 9.90 Å². The minimum atomic E-state index is -2.35. The number of nitrogens with two attached hydrogens (primary N) is 1. The molecule has 1 aromatic heterocycles. The number of amides is 1. The molecule has 6 heteroatoms. The Morgan fingerprint density at radius 1 is 1.18 bits per heavy atom. The third kappa shape index (κ3) is 6.18.